The first kappa shape index (κ1) is 15.5. The number of pyridine rings is 1. The van der Waals surface area contributed by atoms with E-state index >= 15 is 0 Å². The number of aromatic nitrogens is 2. The van der Waals surface area contributed by atoms with E-state index in [0.717, 1.165) is 0 Å². The highest BCUT2D eigenvalue weighted by Crippen LogP contribution is 2.18. The summed E-state index contributed by atoms with van der Waals surface area (Å²) in [6.07, 6.45) is 2.32. The van der Waals surface area contributed by atoms with Crippen molar-refractivity contribution < 1.29 is 9.18 Å². The van der Waals surface area contributed by atoms with E-state index in [1.807, 2.05) is 6.92 Å². The molecule has 0 aliphatic carbocycles. The SMILES string of the molecule is CCc1nc2cc(Cl)ccn2c1C(=O)NCc1ccccc1F. The number of halogens is 2. The molecule has 2 aromatic heterocycles. The summed E-state index contributed by atoms with van der Waals surface area (Å²) in [6.45, 7) is 2.05. The average molecular weight is 332 g/mol. The van der Waals surface area contributed by atoms with Gasteiger partial charge in [0.05, 0.1) is 5.69 Å². The molecule has 4 nitrogen and oxygen atoms in total. The number of aryl methyl sites for hydroxylation is 1. The van der Waals surface area contributed by atoms with Crippen molar-refractivity contribution in [2.75, 3.05) is 0 Å². The van der Waals surface area contributed by atoms with Gasteiger partial charge in [0.15, 0.2) is 0 Å². The Kier molecular flexibility index (Phi) is 4.30. The zero-order valence-electron chi connectivity index (χ0n) is 12.5. The second kappa shape index (κ2) is 6.38. The van der Waals surface area contributed by atoms with E-state index in [-0.39, 0.29) is 18.3 Å². The van der Waals surface area contributed by atoms with Gasteiger partial charge in [-0.25, -0.2) is 9.37 Å². The lowest BCUT2D eigenvalue weighted by Gasteiger charge is -2.07. The van der Waals surface area contributed by atoms with Gasteiger partial charge in [0.1, 0.15) is 17.2 Å². The number of rotatable bonds is 4. The molecule has 1 amide bonds. The number of nitrogens with one attached hydrogen (secondary N) is 1. The molecule has 23 heavy (non-hydrogen) atoms. The van der Waals surface area contributed by atoms with Crippen molar-refractivity contribution in [1.82, 2.24) is 14.7 Å². The molecule has 118 valence electrons. The van der Waals surface area contributed by atoms with E-state index in [2.05, 4.69) is 10.3 Å². The maximum Gasteiger partial charge on any atom is 0.270 e. The Morgan fingerprint density at radius 3 is 2.87 bits per heavy atom. The van der Waals surface area contributed by atoms with Gasteiger partial charge in [-0.15, -0.1) is 0 Å². The number of imidazole rings is 1. The van der Waals surface area contributed by atoms with Gasteiger partial charge in [-0.2, -0.15) is 0 Å². The fourth-order valence-electron chi connectivity index (χ4n) is 2.46. The minimum atomic E-state index is -0.339. The molecule has 0 fully saturated rings. The third-order valence-electron chi connectivity index (χ3n) is 3.61. The molecule has 0 unspecified atom stereocenters. The fourth-order valence-corrected chi connectivity index (χ4v) is 2.61. The molecule has 3 aromatic rings. The van der Waals surface area contributed by atoms with Crippen LogP contribution >= 0.6 is 11.6 Å². The van der Waals surface area contributed by atoms with Crippen LogP contribution in [0.2, 0.25) is 5.02 Å². The molecule has 0 atom stereocenters. The average Bonchev–Trinajstić information content (AvgIpc) is 2.91. The number of carbonyl (C=O) groups is 1. The second-order valence-electron chi connectivity index (χ2n) is 5.11. The van der Waals surface area contributed by atoms with Crippen LogP contribution in [0.5, 0.6) is 0 Å². The van der Waals surface area contributed by atoms with Gasteiger partial charge in [-0.1, -0.05) is 36.7 Å². The Balaban J connectivity index is 1.90. The van der Waals surface area contributed by atoms with E-state index in [4.69, 9.17) is 11.6 Å². The first-order chi connectivity index (χ1) is 11.1. The Morgan fingerprint density at radius 1 is 1.35 bits per heavy atom. The number of benzene rings is 1. The van der Waals surface area contributed by atoms with Crippen LogP contribution in [-0.4, -0.2) is 15.3 Å². The lowest BCUT2D eigenvalue weighted by Crippen LogP contribution is -2.25. The van der Waals surface area contributed by atoms with Crippen molar-refractivity contribution in [3.63, 3.8) is 0 Å². The molecule has 0 aliphatic rings. The standard InChI is InChI=1S/C17H15ClFN3O/c1-2-14-16(22-8-7-12(18)9-15(22)21-14)17(23)20-10-11-5-3-4-6-13(11)19/h3-9H,2,10H2,1H3,(H,20,23). The van der Waals surface area contributed by atoms with Crippen molar-refractivity contribution >= 4 is 23.2 Å². The molecular weight excluding hydrogens is 317 g/mol. The summed E-state index contributed by atoms with van der Waals surface area (Å²) in [5.74, 6) is -0.631. The highest BCUT2D eigenvalue weighted by Gasteiger charge is 2.18. The van der Waals surface area contributed by atoms with Crippen LogP contribution in [0.4, 0.5) is 4.39 Å². The van der Waals surface area contributed by atoms with Crippen molar-refractivity contribution in [3.05, 3.63) is 70.4 Å². The quantitative estimate of drug-likeness (QED) is 0.793. The fraction of sp³-hybridized carbons (Fsp3) is 0.176. The van der Waals surface area contributed by atoms with Crippen molar-refractivity contribution in [2.45, 2.75) is 19.9 Å². The highest BCUT2D eigenvalue weighted by molar-refractivity contribution is 6.30. The Hall–Kier alpha value is -2.40. The molecule has 3 rings (SSSR count). The number of hydrogen-bond acceptors (Lipinski definition) is 2. The topological polar surface area (TPSA) is 46.4 Å². The van der Waals surface area contributed by atoms with E-state index < -0.39 is 0 Å². The summed E-state index contributed by atoms with van der Waals surface area (Å²) in [4.78, 5) is 17.0. The molecule has 0 radical (unpaired) electrons. The normalized spacial score (nSPS) is 10.9. The summed E-state index contributed by atoms with van der Waals surface area (Å²) in [5.41, 5.74) is 2.19. The highest BCUT2D eigenvalue weighted by atomic mass is 35.5. The Morgan fingerprint density at radius 2 is 2.13 bits per heavy atom. The lowest BCUT2D eigenvalue weighted by atomic mass is 10.2. The molecular formula is C17H15ClFN3O. The van der Waals surface area contributed by atoms with Gasteiger partial charge in [-0.05, 0) is 18.6 Å². The second-order valence-corrected chi connectivity index (χ2v) is 5.54. The molecule has 0 bridgehead atoms. The smallest absolute Gasteiger partial charge is 0.270 e. The van der Waals surface area contributed by atoms with Crippen LogP contribution in [-0.2, 0) is 13.0 Å². The maximum atomic E-state index is 13.6. The third kappa shape index (κ3) is 3.05. The van der Waals surface area contributed by atoms with Crippen LogP contribution in [0.3, 0.4) is 0 Å². The Labute approximate surface area is 137 Å². The van der Waals surface area contributed by atoms with Crippen LogP contribution in [0.15, 0.2) is 42.6 Å². The molecule has 2 heterocycles. The van der Waals surface area contributed by atoms with Crippen molar-refractivity contribution in [3.8, 4) is 0 Å². The van der Waals surface area contributed by atoms with Crippen molar-refractivity contribution in [2.24, 2.45) is 0 Å². The first-order valence-electron chi connectivity index (χ1n) is 7.28. The van der Waals surface area contributed by atoms with Gasteiger partial charge >= 0.3 is 0 Å². The summed E-state index contributed by atoms with van der Waals surface area (Å²) in [6, 6.07) is 9.76. The number of hydrogen-bond donors (Lipinski definition) is 1. The van der Waals surface area contributed by atoms with E-state index in [1.54, 1.807) is 40.9 Å². The number of amides is 1. The van der Waals surface area contributed by atoms with Crippen molar-refractivity contribution in [1.29, 1.82) is 0 Å². The zero-order chi connectivity index (χ0) is 16.4. The van der Waals surface area contributed by atoms with Gasteiger partial charge in [0, 0.05) is 29.4 Å². The monoisotopic (exact) mass is 331 g/mol. The molecule has 0 saturated heterocycles. The van der Waals surface area contributed by atoms with E-state index in [9.17, 15) is 9.18 Å². The lowest BCUT2D eigenvalue weighted by molar-refractivity contribution is 0.0943. The van der Waals surface area contributed by atoms with Crippen LogP contribution in [0.1, 0.15) is 28.7 Å². The number of nitrogens with zero attached hydrogens (tertiary/aromatic N) is 2. The van der Waals surface area contributed by atoms with Gasteiger partial charge in [0.25, 0.3) is 5.91 Å². The van der Waals surface area contributed by atoms with E-state index in [0.29, 0.717) is 34.0 Å². The zero-order valence-corrected chi connectivity index (χ0v) is 13.3. The number of carbonyl (C=O) groups excluding carboxylic acids is 1. The molecule has 0 saturated carbocycles. The molecule has 0 spiro atoms. The third-order valence-corrected chi connectivity index (χ3v) is 3.84. The molecule has 6 heteroatoms. The Bertz CT molecular complexity index is 875. The number of fused-ring (bicyclic) bond motifs is 1. The molecule has 1 aromatic carbocycles. The predicted molar refractivity (Wildman–Crippen MR) is 87.2 cm³/mol. The minimum Gasteiger partial charge on any atom is -0.347 e. The maximum absolute atomic E-state index is 13.6. The van der Waals surface area contributed by atoms with Crippen LogP contribution in [0.25, 0.3) is 5.65 Å². The summed E-state index contributed by atoms with van der Waals surface area (Å²) in [7, 11) is 0. The van der Waals surface area contributed by atoms with Gasteiger partial charge in [-0.3, -0.25) is 9.20 Å². The molecule has 0 aliphatic heterocycles. The largest absolute Gasteiger partial charge is 0.347 e. The van der Waals surface area contributed by atoms with E-state index in [1.165, 1.54) is 6.07 Å². The molecule has 1 N–H and O–H groups in total. The van der Waals surface area contributed by atoms with Crippen LogP contribution in [0, 0.1) is 5.82 Å². The summed E-state index contributed by atoms with van der Waals surface area (Å²) in [5, 5.41) is 3.31. The van der Waals surface area contributed by atoms with Gasteiger partial charge < -0.3 is 5.32 Å². The summed E-state index contributed by atoms with van der Waals surface area (Å²) >= 11 is 5.97. The van der Waals surface area contributed by atoms with Crippen LogP contribution < -0.4 is 5.32 Å². The predicted octanol–water partition coefficient (Wildman–Crippen LogP) is 3.62. The first-order valence-corrected chi connectivity index (χ1v) is 7.66. The van der Waals surface area contributed by atoms with Gasteiger partial charge in [0.2, 0.25) is 0 Å². The minimum absolute atomic E-state index is 0.121. The summed E-state index contributed by atoms with van der Waals surface area (Å²) < 4.78 is 15.3.